The highest BCUT2D eigenvalue weighted by molar-refractivity contribution is 5.69. The lowest BCUT2D eigenvalue weighted by atomic mass is 9.79. The van der Waals surface area contributed by atoms with Crippen LogP contribution in [0.15, 0.2) is 48.5 Å². The molecule has 5 heteroatoms. The van der Waals surface area contributed by atoms with E-state index >= 15 is 0 Å². The standard InChI is InChI=1S/C30H43NO4/c1-5-7-8-12-18-30(3,4)24-15-16-26(28(20-24)35-22-23-13-10-9-11-14-23)27-21-25(32)17-19-31(27)29(33)34-6-2/h9-11,13-16,20,25,27,32H,5-8,12,17-19,21-22H2,1-4H3/t25-,27+/m0/s1. The molecule has 1 heterocycles. The first-order valence-electron chi connectivity index (χ1n) is 13.3. The summed E-state index contributed by atoms with van der Waals surface area (Å²) in [6.45, 7) is 9.89. The van der Waals surface area contributed by atoms with Gasteiger partial charge >= 0.3 is 6.09 Å². The maximum atomic E-state index is 12.8. The minimum absolute atomic E-state index is 0.0179. The van der Waals surface area contributed by atoms with Crippen molar-refractivity contribution in [2.75, 3.05) is 13.2 Å². The zero-order chi connectivity index (χ0) is 25.3. The summed E-state index contributed by atoms with van der Waals surface area (Å²) in [6, 6.07) is 16.3. The average molecular weight is 482 g/mol. The third-order valence-corrected chi connectivity index (χ3v) is 7.12. The quantitative estimate of drug-likeness (QED) is 0.346. The molecule has 2 atom stereocenters. The van der Waals surface area contributed by atoms with E-state index < -0.39 is 6.10 Å². The second-order valence-electron chi connectivity index (χ2n) is 10.3. The Hall–Kier alpha value is -2.53. The Labute approximate surface area is 211 Å². The van der Waals surface area contributed by atoms with Crippen molar-refractivity contribution in [3.8, 4) is 5.75 Å². The average Bonchev–Trinajstić information content (AvgIpc) is 2.86. The highest BCUT2D eigenvalue weighted by Gasteiger charge is 2.35. The van der Waals surface area contributed by atoms with Gasteiger partial charge in [-0.1, -0.05) is 88.9 Å². The Morgan fingerprint density at radius 3 is 2.57 bits per heavy atom. The van der Waals surface area contributed by atoms with Crippen molar-refractivity contribution in [2.24, 2.45) is 0 Å². The lowest BCUT2D eigenvalue weighted by Crippen LogP contribution is -2.43. The number of unbranched alkanes of at least 4 members (excludes halogenated alkanes) is 3. The summed E-state index contributed by atoms with van der Waals surface area (Å²) in [5.41, 5.74) is 3.27. The van der Waals surface area contributed by atoms with E-state index in [2.05, 4.69) is 51.1 Å². The summed E-state index contributed by atoms with van der Waals surface area (Å²) < 4.78 is 11.8. The third-order valence-electron chi connectivity index (χ3n) is 7.12. The molecule has 35 heavy (non-hydrogen) atoms. The zero-order valence-electron chi connectivity index (χ0n) is 22.0. The molecule has 0 bridgehead atoms. The molecule has 0 aliphatic carbocycles. The minimum atomic E-state index is -0.456. The maximum absolute atomic E-state index is 12.8. The van der Waals surface area contributed by atoms with Crippen LogP contribution in [0.25, 0.3) is 0 Å². The molecule has 0 unspecified atom stereocenters. The Balaban J connectivity index is 1.93. The van der Waals surface area contributed by atoms with Crippen molar-refractivity contribution >= 4 is 6.09 Å². The largest absolute Gasteiger partial charge is 0.489 e. The molecule has 0 radical (unpaired) electrons. The van der Waals surface area contributed by atoms with Crippen LogP contribution in [0, 0.1) is 0 Å². The number of carbonyl (C=O) groups excluding carboxylic acids is 1. The molecule has 192 valence electrons. The van der Waals surface area contributed by atoms with Gasteiger partial charge in [-0.3, -0.25) is 0 Å². The molecule has 0 aromatic heterocycles. The number of aliphatic hydroxyl groups excluding tert-OH is 1. The molecule has 1 fully saturated rings. The van der Waals surface area contributed by atoms with Crippen LogP contribution in [0.4, 0.5) is 4.79 Å². The first-order chi connectivity index (χ1) is 16.9. The number of rotatable bonds is 11. The Morgan fingerprint density at radius 1 is 1.09 bits per heavy atom. The summed E-state index contributed by atoms with van der Waals surface area (Å²) in [7, 11) is 0. The van der Waals surface area contributed by atoms with E-state index in [-0.39, 0.29) is 17.6 Å². The molecule has 1 N–H and O–H groups in total. The fraction of sp³-hybridized carbons (Fsp3) is 0.567. The highest BCUT2D eigenvalue weighted by atomic mass is 16.6. The second-order valence-corrected chi connectivity index (χ2v) is 10.3. The molecule has 2 aromatic carbocycles. The molecule has 1 aliphatic heterocycles. The van der Waals surface area contributed by atoms with Crippen molar-refractivity contribution in [1.29, 1.82) is 0 Å². The van der Waals surface area contributed by atoms with Gasteiger partial charge in [0.1, 0.15) is 12.4 Å². The fourth-order valence-electron chi connectivity index (χ4n) is 4.90. The van der Waals surface area contributed by atoms with E-state index in [0.29, 0.717) is 32.6 Å². The number of piperidine rings is 1. The van der Waals surface area contributed by atoms with Crippen LogP contribution in [-0.2, 0) is 16.8 Å². The number of likely N-dealkylation sites (tertiary alicyclic amines) is 1. The smallest absolute Gasteiger partial charge is 0.410 e. The number of amides is 1. The van der Waals surface area contributed by atoms with Gasteiger partial charge in [-0.15, -0.1) is 0 Å². The first-order valence-corrected chi connectivity index (χ1v) is 13.3. The van der Waals surface area contributed by atoms with Crippen molar-refractivity contribution in [1.82, 2.24) is 4.90 Å². The Morgan fingerprint density at radius 2 is 1.86 bits per heavy atom. The van der Waals surface area contributed by atoms with E-state index in [1.165, 1.54) is 31.2 Å². The number of aliphatic hydroxyl groups is 1. The van der Waals surface area contributed by atoms with E-state index in [0.717, 1.165) is 23.3 Å². The van der Waals surface area contributed by atoms with Crippen molar-refractivity contribution in [3.63, 3.8) is 0 Å². The van der Waals surface area contributed by atoms with Crippen LogP contribution in [0.1, 0.15) is 95.4 Å². The SMILES string of the molecule is CCCCCCC(C)(C)c1ccc([C@H]2C[C@@H](O)CCN2C(=O)OCC)c(OCc2ccccc2)c1. The number of nitrogens with zero attached hydrogens (tertiary/aromatic N) is 1. The summed E-state index contributed by atoms with van der Waals surface area (Å²) in [6.07, 6.45) is 6.31. The molecular weight excluding hydrogens is 438 g/mol. The second kappa shape index (κ2) is 13.0. The van der Waals surface area contributed by atoms with Gasteiger partial charge in [0.05, 0.1) is 18.8 Å². The summed E-state index contributed by atoms with van der Waals surface area (Å²) in [4.78, 5) is 14.5. The molecule has 1 aliphatic rings. The lowest BCUT2D eigenvalue weighted by Gasteiger charge is -2.38. The van der Waals surface area contributed by atoms with Gasteiger partial charge in [0.2, 0.25) is 0 Å². The number of hydrogen-bond donors (Lipinski definition) is 1. The van der Waals surface area contributed by atoms with Gasteiger partial charge in [-0.2, -0.15) is 0 Å². The highest BCUT2D eigenvalue weighted by Crippen LogP contribution is 2.40. The molecule has 0 spiro atoms. The van der Waals surface area contributed by atoms with Crippen molar-refractivity contribution in [2.45, 2.75) is 96.8 Å². The van der Waals surface area contributed by atoms with Gasteiger partial charge in [0.25, 0.3) is 0 Å². The summed E-state index contributed by atoms with van der Waals surface area (Å²) in [5.74, 6) is 0.779. The molecule has 2 aromatic rings. The lowest BCUT2D eigenvalue weighted by molar-refractivity contribution is 0.0293. The topological polar surface area (TPSA) is 59.0 Å². The van der Waals surface area contributed by atoms with E-state index in [9.17, 15) is 9.90 Å². The number of benzene rings is 2. The minimum Gasteiger partial charge on any atom is -0.489 e. The van der Waals surface area contributed by atoms with Crippen LogP contribution in [0.2, 0.25) is 0 Å². The van der Waals surface area contributed by atoms with Crippen molar-refractivity contribution in [3.05, 3.63) is 65.2 Å². The fourth-order valence-corrected chi connectivity index (χ4v) is 4.90. The molecular formula is C30H43NO4. The van der Waals surface area contributed by atoms with Gasteiger partial charge in [0, 0.05) is 12.1 Å². The van der Waals surface area contributed by atoms with Crippen LogP contribution in [0.5, 0.6) is 5.75 Å². The molecule has 3 rings (SSSR count). The Kier molecular flexibility index (Phi) is 10.0. The number of carbonyl (C=O) groups is 1. The van der Waals surface area contributed by atoms with E-state index in [1.54, 1.807) is 4.90 Å². The molecule has 1 amide bonds. The molecule has 0 saturated carbocycles. The van der Waals surface area contributed by atoms with Gasteiger partial charge < -0.3 is 19.5 Å². The maximum Gasteiger partial charge on any atom is 0.410 e. The predicted octanol–water partition coefficient (Wildman–Crippen LogP) is 7.17. The van der Waals surface area contributed by atoms with Crippen LogP contribution in [0.3, 0.4) is 0 Å². The van der Waals surface area contributed by atoms with Crippen molar-refractivity contribution < 1.29 is 19.4 Å². The number of ether oxygens (including phenoxy) is 2. The third kappa shape index (κ3) is 7.47. The predicted molar refractivity (Wildman–Crippen MR) is 141 cm³/mol. The zero-order valence-corrected chi connectivity index (χ0v) is 22.0. The first kappa shape index (κ1) is 27.1. The van der Waals surface area contributed by atoms with Crippen LogP contribution >= 0.6 is 0 Å². The summed E-state index contributed by atoms with van der Waals surface area (Å²) in [5, 5.41) is 10.5. The van der Waals surface area contributed by atoms with Gasteiger partial charge in [0.15, 0.2) is 0 Å². The summed E-state index contributed by atoms with van der Waals surface area (Å²) >= 11 is 0. The van der Waals surface area contributed by atoms with E-state index in [1.807, 2.05) is 25.1 Å². The normalized spacial score (nSPS) is 18.4. The van der Waals surface area contributed by atoms with Crippen LogP contribution < -0.4 is 4.74 Å². The van der Waals surface area contributed by atoms with Gasteiger partial charge in [-0.25, -0.2) is 4.79 Å². The molecule has 5 nitrogen and oxygen atoms in total. The Bertz CT molecular complexity index is 927. The van der Waals surface area contributed by atoms with E-state index in [4.69, 9.17) is 9.47 Å². The number of hydrogen-bond acceptors (Lipinski definition) is 4. The monoisotopic (exact) mass is 481 g/mol. The molecule has 1 saturated heterocycles. The van der Waals surface area contributed by atoms with Gasteiger partial charge in [-0.05, 0) is 48.8 Å². The van der Waals surface area contributed by atoms with Crippen LogP contribution in [-0.4, -0.2) is 35.4 Å².